The second-order valence-corrected chi connectivity index (χ2v) is 10.2. The van der Waals surface area contributed by atoms with Crippen molar-refractivity contribution in [2.24, 2.45) is 0 Å². The lowest BCUT2D eigenvalue weighted by atomic mass is 9.62. The van der Waals surface area contributed by atoms with Crippen LogP contribution in [0.5, 0.6) is 5.88 Å². The van der Waals surface area contributed by atoms with Gasteiger partial charge in [-0.25, -0.2) is 4.98 Å². The highest BCUT2D eigenvalue weighted by molar-refractivity contribution is 7.80. The Morgan fingerprint density at radius 2 is 1.68 bits per heavy atom. The number of hydrogen-bond acceptors (Lipinski definition) is 4. The van der Waals surface area contributed by atoms with Crippen molar-refractivity contribution in [1.82, 2.24) is 15.6 Å². The van der Waals surface area contributed by atoms with Crippen molar-refractivity contribution >= 4 is 29.3 Å². The molecule has 2 aromatic rings. The molecule has 0 unspecified atom stereocenters. The Kier molecular flexibility index (Phi) is 5.16. The molecule has 2 aliphatic rings. The first-order valence-electron chi connectivity index (χ1n) is 10.6. The number of amides is 1. The Morgan fingerprint density at radius 3 is 2.26 bits per heavy atom. The third-order valence-electron chi connectivity index (χ3n) is 6.58. The Morgan fingerprint density at radius 1 is 1.03 bits per heavy atom. The lowest BCUT2D eigenvalue weighted by Gasteiger charge is -2.42. The fraction of sp³-hybridized carbons (Fsp3) is 0.400. The lowest BCUT2D eigenvalue weighted by molar-refractivity contribution is -0.115. The van der Waals surface area contributed by atoms with Gasteiger partial charge in [0.15, 0.2) is 5.11 Å². The number of rotatable bonds is 3. The molecule has 31 heavy (non-hydrogen) atoms. The van der Waals surface area contributed by atoms with E-state index in [0.29, 0.717) is 16.7 Å². The van der Waals surface area contributed by atoms with E-state index in [-0.39, 0.29) is 16.7 Å². The largest absolute Gasteiger partial charge is 0.481 e. The number of carbonyl (C=O) groups excluding carboxylic acids is 1. The molecule has 0 saturated carbocycles. The minimum absolute atomic E-state index is 0.106. The van der Waals surface area contributed by atoms with Gasteiger partial charge in [0.2, 0.25) is 5.88 Å². The maximum Gasteiger partial charge on any atom is 0.273 e. The molecule has 4 rings (SSSR count). The van der Waals surface area contributed by atoms with Gasteiger partial charge >= 0.3 is 0 Å². The van der Waals surface area contributed by atoms with E-state index >= 15 is 0 Å². The number of nitrogens with one attached hydrogen (secondary N) is 2. The third-order valence-corrected chi connectivity index (χ3v) is 6.79. The fourth-order valence-corrected chi connectivity index (χ4v) is 4.77. The van der Waals surface area contributed by atoms with E-state index in [1.807, 2.05) is 6.07 Å². The molecular weight excluding hydrogens is 406 g/mol. The van der Waals surface area contributed by atoms with Crippen molar-refractivity contribution < 1.29 is 9.53 Å². The van der Waals surface area contributed by atoms with Crippen LogP contribution in [-0.4, -0.2) is 23.1 Å². The summed E-state index contributed by atoms with van der Waals surface area (Å²) in [4.78, 5) is 16.6. The Labute approximate surface area is 189 Å². The first kappa shape index (κ1) is 21.5. The molecule has 0 spiro atoms. The smallest absolute Gasteiger partial charge is 0.273 e. The minimum Gasteiger partial charge on any atom is -0.481 e. The van der Waals surface area contributed by atoms with E-state index in [4.69, 9.17) is 17.0 Å². The summed E-state index contributed by atoms with van der Waals surface area (Å²) in [6.45, 7) is 11.5. The summed E-state index contributed by atoms with van der Waals surface area (Å²) in [6.07, 6.45) is 5.78. The van der Waals surface area contributed by atoms with Crippen LogP contribution in [-0.2, 0) is 15.6 Å². The van der Waals surface area contributed by atoms with Crippen molar-refractivity contribution in [3.05, 3.63) is 52.3 Å². The number of methoxy groups -OCH3 is 1. The summed E-state index contributed by atoms with van der Waals surface area (Å²) >= 11 is 5.03. The molecule has 2 N–H and O–H groups in total. The van der Waals surface area contributed by atoms with Crippen LogP contribution >= 0.6 is 12.2 Å². The van der Waals surface area contributed by atoms with Crippen molar-refractivity contribution in [1.29, 1.82) is 0 Å². The Hall–Kier alpha value is -2.73. The van der Waals surface area contributed by atoms with Gasteiger partial charge in [-0.15, -0.1) is 0 Å². The molecule has 0 radical (unpaired) electrons. The highest BCUT2D eigenvalue weighted by Gasteiger charge is 2.37. The molecular formula is C25H29N3O2S. The lowest BCUT2D eigenvalue weighted by Crippen LogP contribution is -2.34. The SMILES string of the molecule is COc1ncc(C=C2NC(=S)NC2=O)cc1-c1cc2c(cc1C)C(C)(C)CCC2(C)C. The first-order valence-corrected chi connectivity index (χ1v) is 11.0. The second kappa shape index (κ2) is 7.45. The molecule has 1 amide bonds. The molecule has 0 bridgehead atoms. The zero-order chi connectivity index (χ0) is 22.6. The van der Waals surface area contributed by atoms with Crippen LogP contribution in [0.15, 0.2) is 30.1 Å². The number of nitrogens with zero attached hydrogens (tertiary/aromatic N) is 1. The van der Waals surface area contributed by atoms with Gasteiger partial charge in [0.25, 0.3) is 5.91 Å². The van der Waals surface area contributed by atoms with Crippen LogP contribution in [0.3, 0.4) is 0 Å². The van der Waals surface area contributed by atoms with Gasteiger partial charge in [-0.3, -0.25) is 10.1 Å². The van der Waals surface area contributed by atoms with Crippen molar-refractivity contribution in [2.45, 2.75) is 58.3 Å². The molecule has 5 nitrogen and oxygen atoms in total. The molecule has 6 heteroatoms. The number of benzene rings is 1. The summed E-state index contributed by atoms with van der Waals surface area (Å²) < 4.78 is 5.61. The van der Waals surface area contributed by atoms with Gasteiger partial charge in [-0.1, -0.05) is 33.8 Å². The molecule has 162 valence electrons. The maximum absolute atomic E-state index is 12.0. The van der Waals surface area contributed by atoms with Crippen LogP contribution < -0.4 is 15.4 Å². The second-order valence-electron chi connectivity index (χ2n) is 9.77. The van der Waals surface area contributed by atoms with E-state index in [1.54, 1.807) is 19.4 Å². The predicted molar refractivity (Wildman–Crippen MR) is 128 cm³/mol. The van der Waals surface area contributed by atoms with E-state index in [0.717, 1.165) is 23.1 Å². The zero-order valence-electron chi connectivity index (χ0n) is 19.0. The van der Waals surface area contributed by atoms with Gasteiger partial charge in [-0.2, -0.15) is 0 Å². The van der Waals surface area contributed by atoms with E-state index in [9.17, 15) is 4.79 Å². The standard InChI is InChI=1S/C25H29N3O2S/c1-14-9-18-19(25(4,5)8-7-24(18,2)3)12-16(14)17-10-15(13-26-22(17)30-6)11-20-21(29)28-23(31)27-20/h9-13H,7-8H2,1-6H3,(H2,27,28,29,31). The number of hydrogen-bond donors (Lipinski definition) is 2. The first-order chi connectivity index (χ1) is 14.5. The average Bonchev–Trinajstić information content (AvgIpc) is 3.02. The van der Waals surface area contributed by atoms with Crippen molar-refractivity contribution in [3.63, 3.8) is 0 Å². The predicted octanol–water partition coefficient (Wildman–Crippen LogP) is 4.76. The van der Waals surface area contributed by atoms with Gasteiger partial charge in [-0.05, 0) is 88.8 Å². The van der Waals surface area contributed by atoms with Gasteiger partial charge in [0.1, 0.15) is 5.70 Å². The number of ether oxygens (including phenoxy) is 1. The Bertz CT molecular complexity index is 1130. The van der Waals surface area contributed by atoms with E-state index in [2.05, 4.69) is 62.4 Å². The van der Waals surface area contributed by atoms with Crippen LogP contribution in [0.1, 0.15) is 62.8 Å². The van der Waals surface area contributed by atoms with Gasteiger partial charge in [0, 0.05) is 11.8 Å². The van der Waals surface area contributed by atoms with Gasteiger partial charge < -0.3 is 10.1 Å². The van der Waals surface area contributed by atoms with Crippen LogP contribution in [0.4, 0.5) is 0 Å². The number of pyridine rings is 1. The molecule has 1 aliphatic carbocycles. The molecule has 1 aliphatic heterocycles. The zero-order valence-corrected chi connectivity index (χ0v) is 19.8. The van der Waals surface area contributed by atoms with E-state index < -0.39 is 0 Å². The summed E-state index contributed by atoms with van der Waals surface area (Å²) in [5.41, 5.74) is 7.49. The quantitative estimate of drug-likeness (QED) is 0.538. The molecule has 1 aromatic heterocycles. The number of carbonyl (C=O) groups is 1. The summed E-state index contributed by atoms with van der Waals surface area (Å²) in [5, 5.41) is 5.78. The van der Waals surface area contributed by atoms with Gasteiger partial charge in [0.05, 0.1) is 7.11 Å². The molecule has 2 heterocycles. The summed E-state index contributed by atoms with van der Waals surface area (Å²) in [5.74, 6) is 0.328. The maximum atomic E-state index is 12.0. The molecule has 0 atom stereocenters. The molecule has 1 fully saturated rings. The normalized spacial score (nSPS) is 20.3. The van der Waals surface area contributed by atoms with E-state index in [1.165, 1.54) is 23.1 Å². The van der Waals surface area contributed by atoms with Crippen LogP contribution in [0, 0.1) is 6.92 Å². The van der Waals surface area contributed by atoms with Crippen LogP contribution in [0.2, 0.25) is 0 Å². The number of fused-ring (bicyclic) bond motifs is 1. The average molecular weight is 436 g/mol. The summed E-state index contributed by atoms with van der Waals surface area (Å²) in [7, 11) is 1.63. The monoisotopic (exact) mass is 435 g/mol. The van der Waals surface area contributed by atoms with Crippen molar-refractivity contribution in [2.75, 3.05) is 7.11 Å². The fourth-order valence-electron chi connectivity index (χ4n) is 4.56. The number of aromatic nitrogens is 1. The number of thiocarbonyl (C=S) groups is 1. The van der Waals surface area contributed by atoms with Crippen LogP contribution in [0.25, 0.3) is 17.2 Å². The summed E-state index contributed by atoms with van der Waals surface area (Å²) in [6, 6.07) is 6.67. The highest BCUT2D eigenvalue weighted by Crippen LogP contribution is 2.48. The topological polar surface area (TPSA) is 63.2 Å². The third kappa shape index (κ3) is 3.85. The Balaban J connectivity index is 1.87. The minimum atomic E-state index is -0.240. The number of aryl methyl sites for hydroxylation is 1. The molecule has 1 saturated heterocycles. The highest BCUT2D eigenvalue weighted by atomic mass is 32.1. The molecule has 1 aromatic carbocycles. The van der Waals surface area contributed by atoms with Crippen molar-refractivity contribution in [3.8, 4) is 17.0 Å².